The van der Waals surface area contributed by atoms with E-state index in [1.54, 1.807) is 42.5 Å². The molecule has 2 atom stereocenters. The third-order valence-corrected chi connectivity index (χ3v) is 2.70. The van der Waals surface area contributed by atoms with Gasteiger partial charge in [-0.25, -0.2) is 0 Å². The van der Waals surface area contributed by atoms with Crippen molar-refractivity contribution in [1.29, 1.82) is 0 Å². The van der Waals surface area contributed by atoms with Crippen molar-refractivity contribution >= 4 is 5.91 Å². The Hall–Kier alpha value is -2.08. The van der Waals surface area contributed by atoms with E-state index in [4.69, 9.17) is 10.2 Å². The molecule has 6 heteroatoms. The van der Waals surface area contributed by atoms with Crippen LogP contribution in [0.25, 0.3) is 0 Å². The van der Waals surface area contributed by atoms with Crippen molar-refractivity contribution in [1.82, 2.24) is 15.1 Å². The molecule has 0 fully saturated rings. The average molecular weight is 248 g/mol. The van der Waals surface area contributed by atoms with Gasteiger partial charge >= 0.3 is 0 Å². The first kappa shape index (κ1) is 12.4. The van der Waals surface area contributed by atoms with Gasteiger partial charge in [-0.3, -0.25) is 9.48 Å². The van der Waals surface area contributed by atoms with E-state index in [9.17, 15) is 4.79 Å². The predicted molar refractivity (Wildman–Crippen MR) is 65.4 cm³/mol. The molecular weight excluding hydrogens is 232 g/mol. The third kappa shape index (κ3) is 2.60. The van der Waals surface area contributed by atoms with E-state index >= 15 is 0 Å². The van der Waals surface area contributed by atoms with Crippen molar-refractivity contribution in [3.8, 4) is 0 Å². The molecule has 0 saturated carbocycles. The Bertz CT molecular complexity index is 518. The number of nitrogens with two attached hydrogens (primary N) is 1. The zero-order valence-corrected chi connectivity index (χ0v) is 10.3. The zero-order valence-electron chi connectivity index (χ0n) is 10.3. The van der Waals surface area contributed by atoms with Crippen molar-refractivity contribution in [2.24, 2.45) is 12.8 Å². The minimum absolute atomic E-state index is 0.213. The largest absolute Gasteiger partial charge is 0.467 e. The van der Waals surface area contributed by atoms with E-state index in [1.165, 1.54) is 0 Å². The molecule has 0 radical (unpaired) electrons. The Morgan fingerprint density at radius 2 is 2.39 bits per heavy atom. The summed E-state index contributed by atoms with van der Waals surface area (Å²) in [5.74, 6) is 0.439. The fraction of sp³-hybridized carbons (Fsp3) is 0.333. The van der Waals surface area contributed by atoms with Crippen molar-refractivity contribution in [2.75, 3.05) is 0 Å². The van der Waals surface area contributed by atoms with E-state index in [1.807, 2.05) is 6.92 Å². The number of nitrogens with zero attached hydrogens (tertiary/aromatic N) is 2. The highest BCUT2D eigenvalue weighted by molar-refractivity contribution is 5.83. The lowest BCUT2D eigenvalue weighted by molar-refractivity contribution is -0.123. The van der Waals surface area contributed by atoms with Gasteiger partial charge in [0.15, 0.2) is 0 Å². The monoisotopic (exact) mass is 248 g/mol. The van der Waals surface area contributed by atoms with Crippen LogP contribution in [0, 0.1) is 0 Å². The summed E-state index contributed by atoms with van der Waals surface area (Å²) < 4.78 is 6.82. The van der Waals surface area contributed by atoms with Gasteiger partial charge in [-0.2, -0.15) is 5.10 Å². The van der Waals surface area contributed by atoms with E-state index in [0.717, 1.165) is 0 Å². The van der Waals surface area contributed by atoms with Crippen molar-refractivity contribution in [3.05, 3.63) is 42.1 Å². The van der Waals surface area contributed by atoms with E-state index in [2.05, 4.69) is 10.4 Å². The molecular formula is C12H16N4O2. The van der Waals surface area contributed by atoms with Crippen LogP contribution in [0.2, 0.25) is 0 Å². The summed E-state index contributed by atoms with van der Waals surface area (Å²) in [5, 5.41) is 6.78. The van der Waals surface area contributed by atoms with Crippen LogP contribution < -0.4 is 11.1 Å². The van der Waals surface area contributed by atoms with Crippen LogP contribution >= 0.6 is 0 Å². The summed E-state index contributed by atoms with van der Waals surface area (Å²) in [5.41, 5.74) is 6.54. The number of aromatic nitrogens is 2. The molecule has 0 saturated heterocycles. The van der Waals surface area contributed by atoms with Crippen molar-refractivity contribution in [2.45, 2.75) is 19.0 Å². The number of amides is 1. The molecule has 1 unspecified atom stereocenters. The molecule has 0 aliphatic carbocycles. The Morgan fingerprint density at radius 1 is 1.61 bits per heavy atom. The molecule has 6 nitrogen and oxygen atoms in total. The molecule has 3 N–H and O–H groups in total. The fourth-order valence-corrected chi connectivity index (χ4v) is 1.66. The van der Waals surface area contributed by atoms with Crippen LogP contribution in [0.1, 0.15) is 30.3 Å². The van der Waals surface area contributed by atoms with Gasteiger partial charge in [-0.05, 0) is 19.1 Å². The Labute approximate surface area is 105 Å². The second kappa shape index (κ2) is 5.05. The van der Waals surface area contributed by atoms with Crippen LogP contribution in [-0.4, -0.2) is 15.7 Å². The first-order valence-electron chi connectivity index (χ1n) is 5.66. The summed E-state index contributed by atoms with van der Waals surface area (Å²) in [7, 11) is 1.78. The predicted octanol–water partition coefficient (Wildman–Crippen LogP) is 0.890. The highest BCUT2D eigenvalue weighted by atomic mass is 16.3. The van der Waals surface area contributed by atoms with Gasteiger partial charge in [0, 0.05) is 18.8 Å². The molecule has 18 heavy (non-hydrogen) atoms. The summed E-state index contributed by atoms with van der Waals surface area (Å²) in [6.07, 6.45) is 4.88. The van der Waals surface area contributed by atoms with E-state index in [0.29, 0.717) is 11.3 Å². The highest BCUT2D eigenvalue weighted by Crippen LogP contribution is 2.15. The van der Waals surface area contributed by atoms with Gasteiger partial charge < -0.3 is 15.5 Å². The van der Waals surface area contributed by atoms with Crippen LogP contribution in [0.5, 0.6) is 0 Å². The van der Waals surface area contributed by atoms with Crippen LogP contribution in [0.3, 0.4) is 0 Å². The molecule has 0 aliphatic heterocycles. The first-order valence-corrected chi connectivity index (χ1v) is 5.66. The molecule has 2 aromatic rings. The van der Waals surface area contributed by atoms with Crippen molar-refractivity contribution in [3.63, 3.8) is 0 Å². The number of furan rings is 1. The number of carbonyl (C=O) groups excluding carboxylic acids is 1. The molecule has 0 aliphatic rings. The molecule has 0 bridgehead atoms. The Kier molecular flexibility index (Phi) is 3.47. The number of aryl methyl sites for hydroxylation is 1. The first-order chi connectivity index (χ1) is 8.58. The minimum atomic E-state index is -0.726. The minimum Gasteiger partial charge on any atom is -0.467 e. The molecule has 0 aromatic carbocycles. The quantitative estimate of drug-likeness (QED) is 0.841. The molecule has 2 rings (SSSR count). The van der Waals surface area contributed by atoms with Gasteiger partial charge in [-0.1, -0.05) is 0 Å². The van der Waals surface area contributed by atoms with E-state index in [-0.39, 0.29) is 11.9 Å². The molecule has 96 valence electrons. The smallest absolute Gasteiger partial charge is 0.242 e. The number of nitrogens with one attached hydrogen (secondary N) is 1. The average Bonchev–Trinajstić information content (AvgIpc) is 2.98. The Morgan fingerprint density at radius 3 is 2.94 bits per heavy atom. The Balaban J connectivity index is 1.99. The van der Waals surface area contributed by atoms with E-state index < -0.39 is 6.04 Å². The summed E-state index contributed by atoms with van der Waals surface area (Å²) >= 11 is 0. The lowest BCUT2D eigenvalue weighted by Gasteiger charge is -2.15. The topological polar surface area (TPSA) is 86.1 Å². The second-order valence-electron chi connectivity index (χ2n) is 4.17. The maximum Gasteiger partial charge on any atom is 0.242 e. The van der Waals surface area contributed by atoms with Crippen LogP contribution in [-0.2, 0) is 11.8 Å². The van der Waals surface area contributed by atoms with Gasteiger partial charge in [-0.15, -0.1) is 0 Å². The molecule has 0 spiro atoms. The lowest BCUT2D eigenvalue weighted by Crippen LogP contribution is -2.35. The lowest BCUT2D eigenvalue weighted by atomic mass is 10.1. The van der Waals surface area contributed by atoms with Crippen LogP contribution in [0.4, 0.5) is 0 Å². The summed E-state index contributed by atoms with van der Waals surface area (Å²) in [6, 6.07) is 2.64. The highest BCUT2D eigenvalue weighted by Gasteiger charge is 2.20. The molecule has 2 heterocycles. The standard InChI is InChI=1S/C12H16N4O2/c1-8(10-4-3-5-18-10)15-12(17)11(13)9-6-14-16(2)7-9/h3-8,11H,13H2,1-2H3,(H,15,17)/t8-,11?/m0/s1. The summed E-state index contributed by atoms with van der Waals surface area (Å²) in [4.78, 5) is 11.9. The van der Waals surface area contributed by atoms with Crippen LogP contribution in [0.15, 0.2) is 35.2 Å². The molecule has 1 amide bonds. The number of rotatable bonds is 4. The third-order valence-electron chi connectivity index (χ3n) is 2.70. The van der Waals surface area contributed by atoms with Gasteiger partial charge in [0.2, 0.25) is 5.91 Å². The summed E-state index contributed by atoms with van der Waals surface area (Å²) in [6.45, 7) is 1.84. The fourth-order valence-electron chi connectivity index (χ4n) is 1.66. The van der Waals surface area contributed by atoms with Gasteiger partial charge in [0.05, 0.1) is 18.5 Å². The number of hydrogen-bond donors (Lipinski definition) is 2. The molecule has 2 aromatic heterocycles. The maximum absolute atomic E-state index is 11.9. The van der Waals surface area contributed by atoms with Crippen molar-refractivity contribution < 1.29 is 9.21 Å². The van der Waals surface area contributed by atoms with Gasteiger partial charge in [0.1, 0.15) is 11.8 Å². The SMILES string of the molecule is C[C@H](NC(=O)C(N)c1cnn(C)c1)c1ccco1. The second-order valence-corrected chi connectivity index (χ2v) is 4.17. The van der Waals surface area contributed by atoms with Gasteiger partial charge in [0.25, 0.3) is 0 Å². The normalized spacial score (nSPS) is 14.2. The maximum atomic E-state index is 11.9. The number of hydrogen-bond acceptors (Lipinski definition) is 4. The zero-order chi connectivity index (χ0) is 13.1. The number of carbonyl (C=O) groups is 1.